The molecule has 7 nitrogen and oxygen atoms in total. The third kappa shape index (κ3) is 7.42. The highest BCUT2D eigenvalue weighted by atomic mass is 35.5. The minimum Gasteiger partial charge on any atom is -0.382 e. The maximum Gasteiger partial charge on any atom is 0.389 e. The molecule has 2 aromatic rings. The van der Waals surface area contributed by atoms with E-state index in [1.165, 1.54) is 4.90 Å². The van der Waals surface area contributed by atoms with Crippen LogP contribution in [0.1, 0.15) is 43.7 Å². The number of para-hydroxylation sites is 1. The first-order valence-corrected chi connectivity index (χ1v) is 13.5. The molecule has 14 heteroatoms. The van der Waals surface area contributed by atoms with Crippen molar-refractivity contribution in [2.24, 2.45) is 16.8 Å². The summed E-state index contributed by atoms with van der Waals surface area (Å²) in [7, 11) is 0. The second-order valence-electron chi connectivity index (χ2n) is 10.1. The summed E-state index contributed by atoms with van der Waals surface area (Å²) in [4.78, 5) is 45.5. The van der Waals surface area contributed by atoms with Crippen LogP contribution in [-0.2, 0) is 14.4 Å². The van der Waals surface area contributed by atoms with Crippen molar-refractivity contribution < 1.29 is 40.7 Å². The van der Waals surface area contributed by atoms with Crippen LogP contribution < -0.4 is 15.5 Å². The Kier molecular flexibility index (Phi) is 9.19. The van der Waals surface area contributed by atoms with Gasteiger partial charge in [0, 0.05) is 53.9 Å². The fourth-order valence-corrected chi connectivity index (χ4v) is 5.44. The molecular weight excluding hydrogens is 590 g/mol. The van der Waals surface area contributed by atoms with E-state index in [2.05, 4.69) is 15.6 Å². The van der Waals surface area contributed by atoms with Gasteiger partial charge in [-0.15, -0.1) is 0 Å². The average molecular weight is 617 g/mol. The second-order valence-corrected chi connectivity index (χ2v) is 10.6. The fourth-order valence-electron chi connectivity index (χ4n) is 5.25. The molecule has 0 fully saturated rings. The highest BCUT2D eigenvalue weighted by Crippen LogP contribution is 2.38. The molecule has 2 heterocycles. The van der Waals surface area contributed by atoms with Gasteiger partial charge in [0.15, 0.2) is 0 Å². The summed E-state index contributed by atoms with van der Waals surface area (Å²) >= 11 is 6.20. The lowest BCUT2D eigenvalue weighted by Crippen LogP contribution is -2.52. The third-order valence-electron chi connectivity index (χ3n) is 7.17. The quantitative estimate of drug-likeness (QED) is 0.344. The SMILES string of the molecule is CC(=O)[C@@H](CCC(F)(F)F)[C@@H](CCC(F)(F)F)C(=O)N[C@H]1N=C(c2cccc(Cl)c2)c2cccc3c2N(CCN3)C1=O. The molecule has 2 N–H and O–H groups in total. The molecule has 226 valence electrons. The van der Waals surface area contributed by atoms with Gasteiger partial charge in [0.2, 0.25) is 12.1 Å². The summed E-state index contributed by atoms with van der Waals surface area (Å²) in [6, 6.07) is 11.7. The smallest absolute Gasteiger partial charge is 0.382 e. The van der Waals surface area contributed by atoms with E-state index in [-0.39, 0.29) is 12.3 Å². The molecule has 2 aromatic carbocycles. The summed E-state index contributed by atoms with van der Waals surface area (Å²) in [5.41, 5.74) is 2.35. The van der Waals surface area contributed by atoms with Crippen molar-refractivity contribution in [3.63, 3.8) is 0 Å². The Morgan fingerprint density at radius 1 is 1.05 bits per heavy atom. The molecular formula is C28H27ClF6N4O3. The van der Waals surface area contributed by atoms with Crippen molar-refractivity contribution in [1.29, 1.82) is 0 Å². The monoisotopic (exact) mass is 616 g/mol. The summed E-state index contributed by atoms with van der Waals surface area (Å²) in [5, 5.41) is 5.91. The van der Waals surface area contributed by atoms with Crippen molar-refractivity contribution in [3.05, 3.63) is 58.6 Å². The molecule has 0 radical (unpaired) electrons. The minimum atomic E-state index is -4.74. The van der Waals surface area contributed by atoms with Crippen LogP contribution in [0.3, 0.4) is 0 Å². The maximum atomic E-state index is 13.8. The first kappa shape index (κ1) is 31.3. The fraction of sp³-hybridized carbons (Fsp3) is 0.429. The number of Topliss-reactive ketones (excluding diaryl/α,β-unsaturated/α-hetero) is 1. The van der Waals surface area contributed by atoms with Gasteiger partial charge in [-0.05, 0) is 38.0 Å². The first-order valence-electron chi connectivity index (χ1n) is 13.1. The molecule has 2 aliphatic heterocycles. The van der Waals surface area contributed by atoms with Crippen molar-refractivity contribution >= 4 is 46.3 Å². The zero-order chi connectivity index (χ0) is 30.8. The van der Waals surface area contributed by atoms with E-state index in [1.807, 2.05) is 0 Å². The van der Waals surface area contributed by atoms with Crippen LogP contribution in [0.5, 0.6) is 0 Å². The van der Waals surface area contributed by atoms with E-state index in [0.717, 1.165) is 6.92 Å². The van der Waals surface area contributed by atoms with E-state index >= 15 is 0 Å². The highest BCUT2D eigenvalue weighted by Gasteiger charge is 2.41. The van der Waals surface area contributed by atoms with Crippen LogP contribution in [0.25, 0.3) is 0 Å². The van der Waals surface area contributed by atoms with Crippen molar-refractivity contribution in [2.75, 3.05) is 23.3 Å². The van der Waals surface area contributed by atoms with E-state index in [1.54, 1.807) is 42.5 Å². The number of rotatable bonds is 9. The number of alkyl halides is 6. The van der Waals surface area contributed by atoms with Crippen LogP contribution in [0.15, 0.2) is 47.5 Å². The molecule has 4 rings (SSSR count). The van der Waals surface area contributed by atoms with Crippen LogP contribution in [0.2, 0.25) is 5.02 Å². The zero-order valence-electron chi connectivity index (χ0n) is 22.3. The molecule has 0 spiro atoms. The van der Waals surface area contributed by atoms with Crippen LogP contribution >= 0.6 is 11.6 Å². The predicted molar refractivity (Wildman–Crippen MR) is 145 cm³/mol. The number of amides is 2. The summed E-state index contributed by atoms with van der Waals surface area (Å²) in [6.45, 7) is 1.46. The number of halogens is 7. The third-order valence-corrected chi connectivity index (χ3v) is 7.40. The van der Waals surface area contributed by atoms with Gasteiger partial charge in [0.1, 0.15) is 5.78 Å². The maximum absolute atomic E-state index is 13.8. The van der Waals surface area contributed by atoms with Gasteiger partial charge in [-0.1, -0.05) is 35.9 Å². The van der Waals surface area contributed by atoms with Gasteiger partial charge in [-0.3, -0.25) is 14.4 Å². The lowest BCUT2D eigenvalue weighted by atomic mass is 9.81. The Labute approximate surface area is 242 Å². The molecule has 0 saturated carbocycles. The molecule has 0 saturated heterocycles. The number of benzene rings is 2. The van der Waals surface area contributed by atoms with Crippen molar-refractivity contribution in [3.8, 4) is 0 Å². The summed E-state index contributed by atoms with van der Waals surface area (Å²) in [6.07, 6.45) is -15.9. The Bertz CT molecular complexity index is 1390. The largest absolute Gasteiger partial charge is 0.389 e. The van der Waals surface area contributed by atoms with Crippen LogP contribution in [-0.4, -0.2) is 54.9 Å². The van der Waals surface area contributed by atoms with Gasteiger partial charge >= 0.3 is 12.4 Å². The predicted octanol–water partition coefficient (Wildman–Crippen LogP) is 5.90. The molecule has 2 aliphatic rings. The first-order chi connectivity index (χ1) is 19.6. The molecule has 42 heavy (non-hydrogen) atoms. The van der Waals surface area contributed by atoms with Gasteiger partial charge in [0.05, 0.1) is 17.1 Å². The number of hydrogen-bond acceptors (Lipinski definition) is 5. The minimum absolute atomic E-state index is 0.173. The van der Waals surface area contributed by atoms with E-state index in [0.29, 0.717) is 34.1 Å². The van der Waals surface area contributed by atoms with Gasteiger partial charge in [0.25, 0.3) is 5.91 Å². The number of ketones is 1. The number of anilines is 2. The molecule has 0 aliphatic carbocycles. The van der Waals surface area contributed by atoms with Crippen molar-refractivity contribution in [1.82, 2.24) is 5.32 Å². The number of carbonyl (C=O) groups is 3. The molecule has 2 amide bonds. The highest BCUT2D eigenvalue weighted by molar-refractivity contribution is 6.31. The van der Waals surface area contributed by atoms with E-state index in [9.17, 15) is 40.7 Å². The Morgan fingerprint density at radius 3 is 2.31 bits per heavy atom. The van der Waals surface area contributed by atoms with E-state index in [4.69, 9.17) is 11.6 Å². The zero-order valence-corrected chi connectivity index (χ0v) is 23.0. The number of aliphatic imine (C=N–C) groups is 1. The lowest BCUT2D eigenvalue weighted by molar-refractivity contribution is -0.152. The molecule has 3 atom stereocenters. The van der Waals surface area contributed by atoms with Crippen molar-refractivity contribution in [2.45, 2.75) is 51.1 Å². The number of hydrogen-bond donors (Lipinski definition) is 2. The van der Waals surface area contributed by atoms with Gasteiger partial charge in [-0.25, -0.2) is 4.99 Å². The number of nitrogens with one attached hydrogen (secondary N) is 2. The Morgan fingerprint density at radius 2 is 1.69 bits per heavy atom. The number of carbonyl (C=O) groups excluding carboxylic acids is 3. The lowest BCUT2D eigenvalue weighted by Gasteiger charge is -2.32. The summed E-state index contributed by atoms with van der Waals surface area (Å²) in [5.74, 6) is -6.17. The molecule has 0 unspecified atom stereocenters. The number of nitrogens with zero attached hydrogens (tertiary/aromatic N) is 2. The molecule has 0 aromatic heterocycles. The van der Waals surface area contributed by atoms with Gasteiger partial charge < -0.3 is 15.5 Å². The average Bonchev–Trinajstić information content (AvgIpc) is 3.01. The Hall–Kier alpha value is -3.61. The molecule has 0 bridgehead atoms. The van der Waals surface area contributed by atoms with Crippen LogP contribution in [0, 0.1) is 11.8 Å². The topological polar surface area (TPSA) is 90.9 Å². The summed E-state index contributed by atoms with van der Waals surface area (Å²) < 4.78 is 78.5. The Balaban J connectivity index is 1.75. The normalized spacial score (nSPS) is 18.3. The van der Waals surface area contributed by atoms with Gasteiger partial charge in [-0.2, -0.15) is 26.3 Å². The second kappa shape index (κ2) is 12.3. The van der Waals surface area contributed by atoms with E-state index < -0.39 is 73.6 Å². The standard InChI is InChI=1S/C28H27ClF6N4O3/c1-15(40)18(8-10-27(30,31)32)19(9-11-28(33,34)35)25(41)38-24-26(42)39-13-12-36-21-7-3-6-20(23(21)39)22(37-24)16-4-2-5-17(29)14-16/h2-7,14,18-19,24,36H,8-13H2,1H3,(H,38,41)/t18-,19-,24-/m1/s1. The van der Waals surface area contributed by atoms with Crippen LogP contribution in [0.4, 0.5) is 37.7 Å².